The molecule has 0 amide bonds. The van der Waals surface area contributed by atoms with Crippen molar-refractivity contribution in [2.75, 3.05) is 12.8 Å². The Morgan fingerprint density at radius 1 is 1.26 bits per heavy atom. The molecule has 5 nitrogen and oxygen atoms in total. The quantitative estimate of drug-likeness (QED) is 0.761. The maximum absolute atomic E-state index is 5.85. The van der Waals surface area contributed by atoms with Crippen LogP contribution >= 0.6 is 0 Å². The number of nitrogen functional groups attached to an aromatic ring is 1. The molecular formula is C14H14N4O. The van der Waals surface area contributed by atoms with Crippen LogP contribution in [0.5, 0.6) is 5.88 Å². The predicted octanol–water partition coefficient (Wildman–Crippen LogP) is 2.23. The highest BCUT2D eigenvalue weighted by Crippen LogP contribution is 2.31. The van der Waals surface area contributed by atoms with Crippen molar-refractivity contribution >= 4 is 16.7 Å². The number of hydrogen-bond acceptors (Lipinski definition) is 4. The number of aromatic nitrogens is 3. The third-order valence-corrected chi connectivity index (χ3v) is 3.16. The lowest BCUT2D eigenvalue weighted by Gasteiger charge is -2.07. The molecule has 0 saturated heterocycles. The van der Waals surface area contributed by atoms with Gasteiger partial charge in [-0.05, 0) is 29.8 Å². The minimum Gasteiger partial charge on any atom is -0.481 e. The van der Waals surface area contributed by atoms with Crippen LogP contribution in [0.3, 0.4) is 0 Å². The highest BCUT2D eigenvalue weighted by molar-refractivity contribution is 5.92. The molecule has 0 radical (unpaired) electrons. The minimum atomic E-state index is 0.544. The molecule has 3 aromatic rings. The summed E-state index contributed by atoms with van der Waals surface area (Å²) in [6.45, 7) is 0. The van der Waals surface area contributed by atoms with E-state index < -0.39 is 0 Å². The molecule has 0 aliphatic carbocycles. The monoisotopic (exact) mass is 254 g/mol. The Bertz CT molecular complexity index is 748. The molecule has 2 heterocycles. The van der Waals surface area contributed by atoms with Crippen LogP contribution in [0, 0.1) is 0 Å². The van der Waals surface area contributed by atoms with Crippen molar-refractivity contribution in [3.8, 4) is 17.0 Å². The average Bonchev–Trinajstić information content (AvgIpc) is 2.73. The highest BCUT2D eigenvalue weighted by atomic mass is 16.5. The normalized spacial score (nSPS) is 10.8. The summed E-state index contributed by atoms with van der Waals surface area (Å²) in [7, 11) is 3.50. The number of methoxy groups -OCH3 is 1. The van der Waals surface area contributed by atoms with Gasteiger partial charge >= 0.3 is 0 Å². The third-order valence-electron chi connectivity index (χ3n) is 3.16. The van der Waals surface area contributed by atoms with Crippen molar-refractivity contribution in [1.82, 2.24) is 14.8 Å². The van der Waals surface area contributed by atoms with Crippen molar-refractivity contribution < 1.29 is 4.74 Å². The Morgan fingerprint density at radius 3 is 2.89 bits per heavy atom. The number of anilines is 1. The minimum absolute atomic E-state index is 0.544. The molecule has 2 aromatic heterocycles. The zero-order chi connectivity index (χ0) is 13.4. The summed E-state index contributed by atoms with van der Waals surface area (Å²) in [6.07, 6.45) is 1.71. The van der Waals surface area contributed by atoms with Crippen molar-refractivity contribution in [1.29, 1.82) is 0 Å². The second kappa shape index (κ2) is 4.28. The molecule has 0 unspecified atom stereocenters. The van der Waals surface area contributed by atoms with Crippen molar-refractivity contribution in [2.45, 2.75) is 0 Å². The number of nitrogens with zero attached hydrogens (tertiary/aromatic N) is 3. The van der Waals surface area contributed by atoms with Gasteiger partial charge in [0, 0.05) is 24.2 Å². The topological polar surface area (TPSA) is 66.0 Å². The fourth-order valence-electron chi connectivity index (χ4n) is 2.23. The van der Waals surface area contributed by atoms with Gasteiger partial charge in [0.2, 0.25) is 5.88 Å². The Kier molecular flexibility index (Phi) is 2.59. The number of ether oxygens (including phenoxy) is 1. The third kappa shape index (κ3) is 1.79. The lowest BCUT2D eigenvalue weighted by atomic mass is 10.1. The summed E-state index contributed by atoms with van der Waals surface area (Å²) in [4.78, 5) is 4.21. The smallest absolute Gasteiger partial charge is 0.221 e. The van der Waals surface area contributed by atoms with Gasteiger partial charge in [-0.15, -0.1) is 0 Å². The van der Waals surface area contributed by atoms with Gasteiger partial charge in [0.25, 0.3) is 0 Å². The summed E-state index contributed by atoms with van der Waals surface area (Å²) >= 11 is 0. The number of benzene rings is 1. The molecule has 5 heteroatoms. The van der Waals surface area contributed by atoms with Gasteiger partial charge in [0.1, 0.15) is 0 Å². The molecule has 2 N–H and O–H groups in total. The maximum atomic E-state index is 5.85. The zero-order valence-corrected chi connectivity index (χ0v) is 10.8. The van der Waals surface area contributed by atoms with E-state index in [2.05, 4.69) is 10.1 Å². The van der Waals surface area contributed by atoms with Gasteiger partial charge in [-0.25, -0.2) is 4.98 Å². The van der Waals surface area contributed by atoms with Gasteiger partial charge in [0.05, 0.1) is 12.6 Å². The number of rotatable bonds is 2. The highest BCUT2D eigenvalue weighted by Gasteiger charge is 2.10. The van der Waals surface area contributed by atoms with Crippen LogP contribution in [-0.4, -0.2) is 21.9 Å². The van der Waals surface area contributed by atoms with Gasteiger partial charge in [0.15, 0.2) is 5.82 Å². The Morgan fingerprint density at radius 2 is 2.11 bits per heavy atom. The van der Waals surface area contributed by atoms with Crippen LogP contribution in [-0.2, 0) is 7.05 Å². The molecule has 0 saturated carbocycles. The number of fused-ring (bicyclic) bond motifs is 1. The first kappa shape index (κ1) is 11.5. The zero-order valence-electron chi connectivity index (χ0n) is 10.8. The van der Waals surface area contributed by atoms with Gasteiger partial charge in [-0.3, -0.25) is 4.68 Å². The van der Waals surface area contributed by atoms with Gasteiger partial charge in [-0.2, -0.15) is 5.10 Å². The summed E-state index contributed by atoms with van der Waals surface area (Å²) in [5.41, 5.74) is 8.82. The van der Waals surface area contributed by atoms with Crippen LogP contribution in [0.15, 0.2) is 36.5 Å². The Labute approximate surface area is 110 Å². The first-order valence-electron chi connectivity index (χ1n) is 5.92. The Hall–Kier alpha value is -2.56. The fourth-order valence-corrected chi connectivity index (χ4v) is 2.23. The molecule has 0 fully saturated rings. The molecule has 1 aromatic carbocycles. The largest absolute Gasteiger partial charge is 0.481 e. The lowest BCUT2D eigenvalue weighted by Crippen LogP contribution is -1.92. The van der Waals surface area contributed by atoms with Crippen LogP contribution in [0.4, 0.5) is 5.82 Å². The molecule has 0 bridgehead atoms. The van der Waals surface area contributed by atoms with Crippen LogP contribution in [0.2, 0.25) is 0 Å². The first-order valence-corrected chi connectivity index (χ1v) is 5.92. The van der Waals surface area contributed by atoms with Gasteiger partial charge < -0.3 is 10.5 Å². The molecule has 19 heavy (non-hydrogen) atoms. The lowest BCUT2D eigenvalue weighted by molar-refractivity contribution is 0.399. The van der Waals surface area contributed by atoms with E-state index in [1.54, 1.807) is 18.0 Å². The van der Waals surface area contributed by atoms with Gasteiger partial charge in [-0.1, -0.05) is 6.07 Å². The second-order valence-corrected chi connectivity index (χ2v) is 4.30. The van der Waals surface area contributed by atoms with Crippen LogP contribution in [0.25, 0.3) is 22.0 Å². The van der Waals surface area contributed by atoms with E-state index in [0.717, 1.165) is 22.0 Å². The number of aryl methyl sites for hydroxylation is 1. The molecule has 0 aliphatic heterocycles. The summed E-state index contributed by atoms with van der Waals surface area (Å²) < 4.78 is 7.06. The standard InChI is InChI=1S/C14H14N4O/c1-18-12-8-9(5-6-11(12)13(15)17-18)10-4-3-7-16-14(10)19-2/h3-8H,1-2H3,(H2,15,17). The van der Waals surface area contributed by atoms with E-state index in [1.807, 2.05) is 37.4 Å². The molecule has 0 aliphatic rings. The molecule has 0 atom stereocenters. The summed E-state index contributed by atoms with van der Waals surface area (Å²) in [5.74, 6) is 1.15. The maximum Gasteiger partial charge on any atom is 0.221 e. The number of hydrogen-bond donors (Lipinski definition) is 1. The first-order chi connectivity index (χ1) is 9.20. The second-order valence-electron chi connectivity index (χ2n) is 4.30. The molecule has 3 rings (SSSR count). The van der Waals surface area contributed by atoms with Crippen molar-refractivity contribution in [3.05, 3.63) is 36.5 Å². The van der Waals surface area contributed by atoms with E-state index in [0.29, 0.717) is 11.7 Å². The summed E-state index contributed by atoms with van der Waals surface area (Å²) in [6, 6.07) is 9.88. The molecular weight excluding hydrogens is 240 g/mol. The van der Waals surface area contributed by atoms with E-state index in [-0.39, 0.29) is 0 Å². The predicted molar refractivity (Wildman–Crippen MR) is 74.9 cm³/mol. The van der Waals surface area contributed by atoms with Crippen LogP contribution < -0.4 is 10.5 Å². The molecule has 96 valence electrons. The van der Waals surface area contributed by atoms with Crippen molar-refractivity contribution in [3.63, 3.8) is 0 Å². The SMILES string of the molecule is COc1ncccc1-c1ccc2c(N)nn(C)c2c1. The van der Waals surface area contributed by atoms with E-state index in [1.165, 1.54) is 0 Å². The van der Waals surface area contributed by atoms with E-state index in [4.69, 9.17) is 10.5 Å². The fraction of sp³-hybridized carbons (Fsp3) is 0.143. The average molecular weight is 254 g/mol. The number of pyridine rings is 1. The van der Waals surface area contributed by atoms with E-state index >= 15 is 0 Å². The summed E-state index contributed by atoms with van der Waals surface area (Å²) in [5, 5.41) is 5.17. The van der Waals surface area contributed by atoms with Crippen molar-refractivity contribution in [2.24, 2.45) is 7.05 Å². The van der Waals surface area contributed by atoms with Crippen LogP contribution in [0.1, 0.15) is 0 Å². The number of nitrogens with two attached hydrogens (primary N) is 1. The van der Waals surface area contributed by atoms with E-state index in [9.17, 15) is 0 Å². The Balaban J connectivity index is 2.23. The molecule has 0 spiro atoms.